The zero-order valence-corrected chi connectivity index (χ0v) is 11.7. The fraction of sp³-hybridized carbons (Fsp3) is 0.118. The molecule has 0 spiro atoms. The number of hydrogen-bond donors (Lipinski definition) is 2. The van der Waals surface area contributed by atoms with Crippen molar-refractivity contribution < 1.29 is 13.6 Å². The van der Waals surface area contributed by atoms with Gasteiger partial charge in [0.15, 0.2) is 0 Å². The van der Waals surface area contributed by atoms with Gasteiger partial charge in [-0.25, -0.2) is 8.78 Å². The first-order valence-electron chi connectivity index (χ1n) is 6.87. The van der Waals surface area contributed by atoms with Crippen molar-refractivity contribution >= 4 is 17.3 Å². The number of hydrogen-bond acceptors (Lipinski definition) is 2. The maximum absolute atomic E-state index is 14.2. The number of anilines is 2. The molecule has 2 aromatic carbocycles. The minimum absolute atomic E-state index is 0.121. The number of rotatable bonds is 2. The van der Waals surface area contributed by atoms with Crippen molar-refractivity contribution in [3.63, 3.8) is 0 Å². The summed E-state index contributed by atoms with van der Waals surface area (Å²) in [7, 11) is 0. The van der Waals surface area contributed by atoms with Gasteiger partial charge in [0.2, 0.25) is 5.91 Å². The predicted octanol–water partition coefficient (Wildman–Crippen LogP) is 3.94. The third-order valence-corrected chi connectivity index (χ3v) is 3.57. The zero-order chi connectivity index (χ0) is 15.7. The van der Waals surface area contributed by atoms with Crippen LogP contribution in [0.1, 0.15) is 6.42 Å². The lowest BCUT2D eigenvalue weighted by Crippen LogP contribution is -2.36. The van der Waals surface area contributed by atoms with Gasteiger partial charge in [-0.1, -0.05) is 24.3 Å². The Morgan fingerprint density at radius 3 is 2.73 bits per heavy atom. The molecule has 3 rings (SSSR count). The predicted molar refractivity (Wildman–Crippen MR) is 82.6 cm³/mol. The van der Waals surface area contributed by atoms with Crippen LogP contribution in [0.3, 0.4) is 0 Å². The molecule has 0 radical (unpaired) electrons. The van der Waals surface area contributed by atoms with E-state index < -0.39 is 17.7 Å². The molecule has 1 heterocycles. The lowest BCUT2D eigenvalue weighted by Gasteiger charge is -2.25. The molecule has 5 heteroatoms. The highest BCUT2D eigenvalue weighted by atomic mass is 19.1. The van der Waals surface area contributed by atoms with E-state index in [1.54, 1.807) is 30.3 Å². The van der Waals surface area contributed by atoms with Crippen molar-refractivity contribution in [2.45, 2.75) is 12.5 Å². The summed E-state index contributed by atoms with van der Waals surface area (Å²) in [5, 5.41) is 5.64. The molecule has 0 fully saturated rings. The van der Waals surface area contributed by atoms with E-state index >= 15 is 0 Å². The number of amides is 1. The molecule has 1 amide bonds. The minimum Gasteiger partial charge on any atom is -0.371 e. The van der Waals surface area contributed by atoms with Gasteiger partial charge < -0.3 is 10.6 Å². The molecule has 2 N–H and O–H groups in total. The number of benzene rings is 2. The van der Waals surface area contributed by atoms with Gasteiger partial charge in [0.1, 0.15) is 17.7 Å². The normalized spacial score (nSPS) is 16.5. The van der Waals surface area contributed by atoms with Crippen LogP contribution in [0.5, 0.6) is 0 Å². The van der Waals surface area contributed by atoms with Crippen LogP contribution in [0.15, 0.2) is 49.1 Å². The Labute approximate surface area is 126 Å². The highest BCUT2D eigenvalue weighted by Gasteiger charge is 2.25. The van der Waals surface area contributed by atoms with Gasteiger partial charge in [-0.2, -0.15) is 0 Å². The fourth-order valence-corrected chi connectivity index (χ4v) is 2.55. The quantitative estimate of drug-likeness (QED) is 0.825. The Balaban J connectivity index is 2.24. The number of para-hydroxylation sites is 1. The molecule has 1 aliphatic heterocycles. The van der Waals surface area contributed by atoms with E-state index in [-0.39, 0.29) is 11.6 Å². The van der Waals surface area contributed by atoms with Gasteiger partial charge in [-0.3, -0.25) is 4.79 Å². The second-order valence-corrected chi connectivity index (χ2v) is 5.07. The van der Waals surface area contributed by atoms with Crippen LogP contribution in [0, 0.1) is 11.6 Å². The first-order valence-corrected chi connectivity index (χ1v) is 6.87. The van der Waals surface area contributed by atoms with Crippen LogP contribution >= 0.6 is 0 Å². The summed E-state index contributed by atoms with van der Waals surface area (Å²) in [4.78, 5) is 12.3. The van der Waals surface area contributed by atoms with Crippen molar-refractivity contribution in [1.82, 2.24) is 0 Å². The maximum atomic E-state index is 14.2. The summed E-state index contributed by atoms with van der Waals surface area (Å²) in [5.41, 5.74) is 1.58. The highest BCUT2D eigenvalue weighted by molar-refractivity contribution is 6.03. The Hall–Kier alpha value is -2.69. The van der Waals surface area contributed by atoms with Gasteiger partial charge in [0.05, 0.1) is 5.69 Å². The monoisotopic (exact) mass is 300 g/mol. The van der Waals surface area contributed by atoms with E-state index in [1.165, 1.54) is 6.07 Å². The van der Waals surface area contributed by atoms with Crippen LogP contribution in [0.4, 0.5) is 20.2 Å². The molecule has 0 aromatic heterocycles. The summed E-state index contributed by atoms with van der Waals surface area (Å²) in [5.74, 6) is -1.68. The molecule has 1 aliphatic rings. The second-order valence-electron chi connectivity index (χ2n) is 5.07. The number of halogens is 2. The fourth-order valence-electron chi connectivity index (χ4n) is 2.55. The molecular weight excluding hydrogens is 286 g/mol. The van der Waals surface area contributed by atoms with Crippen LogP contribution in [0.25, 0.3) is 11.1 Å². The van der Waals surface area contributed by atoms with Gasteiger partial charge in [-0.05, 0) is 18.6 Å². The lowest BCUT2D eigenvalue weighted by atomic mass is 9.98. The average molecular weight is 300 g/mol. The third-order valence-electron chi connectivity index (χ3n) is 3.57. The van der Waals surface area contributed by atoms with Crippen LogP contribution < -0.4 is 10.6 Å². The van der Waals surface area contributed by atoms with E-state index in [4.69, 9.17) is 0 Å². The molecule has 0 bridgehead atoms. The lowest BCUT2D eigenvalue weighted by molar-refractivity contribution is -0.116. The zero-order valence-electron chi connectivity index (χ0n) is 11.7. The van der Waals surface area contributed by atoms with E-state index in [1.807, 2.05) is 0 Å². The largest absolute Gasteiger partial charge is 0.371 e. The number of carbonyl (C=O) groups excluding carboxylic acids is 1. The number of nitrogens with one attached hydrogen (secondary N) is 2. The molecule has 0 saturated heterocycles. The molecule has 22 heavy (non-hydrogen) atoms. The van der Waals surface area contributed by atoms with Crippen molar-refractivity contribution in [2.24, 2.45) is 0 Å². The van der Waals surface area contributed by atoms with Crippen molar-refractivity contribution in [3.05, 3.63) is 60.7 Å². The van der Waals surface area contributed by atoms with Gasteiger partial charge in [0.25, 0.3) is 0 Å². The standard InChI is InChI=1S/C17H14F2N2O/c1-2-5-15-17(22)21-14-7-4-3-6-11(14)12-8-10(18)9-13(19)16(12)20-15/h2-4,6-9,15,20H,1,5H2,(H,21,22). The van der Waals surface area contributed by atoms with Crippen molar-refractivity contribution in [2.75, 3.05) is 10.6 Å². The Kier molecular flexibility index (Phi) is 3.63. The van der Waals surface area contributed by atoms with E-state index in [0.717, 1.165) is 6.07 Å². The molecule has 2 aromatic rings. The molecular formula is C17H14F2N2O. The van der Waals surface area contributed by atoms with Gasteiger partial charge in [0, 0.05) is 22.9 Å². The summed E-state index contributed by atoms with van der Waals surface area (Å²) in [6.07, 6.45) is 1.90. The molecule has 0 aliphatic carbocycles. The molecule has 0 saturated carbocycles. The topological polar surface area (TPSA) is 41.1 Å². The molecule has 1 unspecified atom stereocenters. The maximum Gasteiger partial charge on any atom is 0.247 e. The highest BCUT2D eigenvalue weighted by Crippen LogP contribution is 2.38. The van der Waals surface area contributed by atoms with Gasteiger partial charge in [-0.15, -0.1) is 6.58 Å². The summed E-state index contributed by atoms with van der Waals surface area (Å²) in [6, 6.07) is 8.31. The summed E-state index contributed by atoms with van der Waals surface area (Å²) in [6.45, 7) is 3.61. The first-order chi connectivity index (χ1) is 10.6. The Morgan fingerprint density at radius 2 is 1.95 bits per heavy atom. The van der Waals surface area contributed by atoms with Crippen molar-refractivity contribution in [3.8, 4) is 11.1 Å². The summed E-state index contributed by atoms with van der Waals surface area (Å²) < 4.78 is 27.9. The molecule has 112 valence electrons. The van der Waals surface area contributed by atoms with E-state index in [9.17, 15) is 13.6 Å². The number of carbonyl (C=O) groups is 1. The summed E-state index contributed by atoms with van der Waals surface area (Å²) >= 11 is 0. The smallest absolute Gasteiger partial charge is 0.247 e. The van der Waals surface area contributed by atoms with Crippen LogP contribution in [-0.4, -0.2) is 11.9 Å². The Morgan fingerprint density at radius 1 is 1.18 bits per heavy atom. The minimum atomic E-state index is -0.728. The first kappa shape index (κ1) is 14.3. The van der Waals surface area contributed by atoms with Crippen LogP contribution in [0.2, 0.25) is 0 Å². The molecule has 1 atom stereocenters. The van der Waals surface area contributed by atoms with Crippen molar-refractivity contribution in [1.29, 1.82) is 0 Å². The van der Waals surface area contributed by atoms with E-state index in [2.05, 4.69) is 17.2 Å². The Bertz CT molecular complexity index is 758. The molecule has 3 nitrogen and oxygen atoms in total. The second kappa shape index (κ2) is 5.60. The third kappa shape index (κ3) is 2.45. The van der Waals surface area contributed by atoms with Crippen LogP contribution in [-0.2, 0) is 4.79 Å². The van der Waals surface area contributed by atoms with E-state index in [0.29, 0.717) is 23.2 Å². The van der Waals surface area contributed by atoms with Gasteiger partial charge >= 0.3 is 0 Å². The number of fused-ring (bicyclic) bond motifs is 3. The SMILES string of the molecule is C=CCC1Nc2c(F)cc(F)cc2-c2ccccc2NC1=O. The average Bonchev–Trinajstić information content (AvgIpc) is 2.48.